The molecule has 1 aliphatic heterocycles. The minimum Gasteiger partial charge on any atom is -0.493 e. The Morgan fingerprint density at radius 3 is 2.34 bits per heavy atom. The average Bonchev–Trinajstić information content (AvgIpc) is 3.12. The number of nitrogens with zero attached hydrogens (tertiary/aromatic N) is 1. The average molecular weight is 431 g/mol. The number of halogens is 1. The van der Waals surface area contributed by atoms with Gasteiger partial charge in [0.15, 0.2) is 16.9 Å². The van der Waals surface area contributed by atoms with Crippen molar-refractivity contribution in [3.63, 3.8) is 0 Å². The molecular formula is C25H18FNO5. The number of ether oxygens (including phenoxy) is 2. The molecule has 0 unspecified atom stereocenters. The summed E-state index contributed by atoms with van der Waals surface area (Å²) in [6, 6.07) is 16.7. The highest BCUT2D eigenvalue weighted by molar-refractivity contribution is 6.10. The summed E-state index contributed by atoms with van der Waals surface area (Å²) in [7, 11) is 3.03. The van der Waals surface area contributed by atoms with Gasteiger partial charge in [-0.15, -0.1) is 0 Å². The zero-order valence-corrected chi connectivity index (χ0v) is 17.3. The second kappa shape index (κ2) is 7.53. The predicted molar refractivity (Wildman–Crippen MR) is 117 cm³/mol. The summed E-state index contributed by atoms with van der Waals surface area (Å²) in [6.07, 6.45) is 0. The van der Waals surface area contributed by atoms with Crippen LogP contribution in [0.25, 0.3) is 11.0 Å². The number of fused-ring (bicyclic) bond motifs is 2. The molecule has 1 aromatic heterocycles. The number of hydrogen-bond acceptors (Lipinski definition) is 5. The van der Waals surface area contributed by atoms with Crippen molar-refractivity contribution in [2.45, 2.75) is 6.04 Å². The number of carbonyl (C=O) groups excluding carboxylic acids is 1. The van der Waals surface area contributed by atoms with E-state index in [9.17, 15) is 14.0 Å². The highest BCUT2D eigenvalue weighted by Gasteiger charge is 2.43. The quantitative estimate of drug-likeness (QED) is 0.469. The van der Waals surface area contributed by atoms with E-state index in [0.717, 1.165) is 0 Å². The Labute approximate surface area is 182 Å². The van der Waals surface area contributed by atoms with Crippen molar-refractivity contribution >= 4 is 22.6 Å². The van der Waals surface area contributed by atoms with E-state index in [1.54, 1.807) is 42.5 Å². The van der Waals surface area contributed by atoms with Crippen molar-refractivity contribution in [3.8, 4) is 11.5 Å². The monoisotopic (exact) mass is 431 g/mol. The molecular weight excluding hydrogens is 413 g/mol. The van der Waals surface area contributed by atoms with E-state index in [2.05, 4.69) is 0 Å². The van der Waals surface area contributed by atoms with Gasteiger partial charge in [-0.05, 0) is 54.1 Å². The van der Waals surface area contributed by atoms with E-state index in [4.69, 9.17) is 13.9 Å². The van der Waals surface area contributed by atoms with Crippen LogP contribution in [0.4, 0.5) is 10.1 Å². The van der Waals surface area contributed by atoms with Crippen molar-refractivity contribution in [2.24, 2.45) is 0 Å². The van der Waals surface area contributed by atoms with Crippen molar-refractivity contribution in [1.29, 1.82) is 0 Å². The highest BCUT2D eigenvalue weighted by atomic mass is 19.1. The summed E-state index contributed by atoms with van der Waals surface area (Å²) in [5, 5.41) is 0.380. The van der Waals surface area contributed by atoms with Crippen LogP contribution < -0.4 is 19.8 Å². The number of para-hydroxylation sites is 1. The molecule has 32 heavy (non-hydrogen) atoms. The maximum Gasteiger partial charge on any atom is 0.295 e. The maximum absolute atomic E-state index is 13.6. The number of carbonyl (C=O) groups is 1. The van der Waals surface area contributed by atoms with Gasteiger partial charge in [-0.1, -0.05) is 18.2 Å². The normalized spacial score (nSPS) is 15.2. The van der Waals surface area contributed by atoms with Crippen LogP contribution in [0.2, 0.25) is 0 Å². The Balaban J connectivity index is 1.80. The molecule has 0 fully saturated rings. The minimum atomic E-state index is -0.788. The summed E-state index contributed by atoms with van der Waals surface area (Å²) in [4.78, 5) is 28.4. The fourth-order valence-electron chi connectivity index (χ4n) is 4.13. The third kappa shape index (κ3) is 2.93. The lowest BCUT2D eigenvalue weighted by Gasteiger charge is -2.25. The third-order valence-corrected chi connectivity index (χ3v) is 5.61. The van der Waals surface area contributed by atoms with Gasteiger partial charge in [-0.25, -0.2) is 4.39 Å². The molecule has 0 saturated heterocycles. The number of hydrogen-bond donors (Lipinski definition) is 0. The summed E-state index contributed by atoms with van der Waals surface area (Å²) in [5.41, 5.74) is 1.33. The zero-order valence-electron chi connectivity index (χ0n) is 17.3. The minimum absolute atomic E-state index is 0.0298. The molecule has 3 aromatic carbocycles. The molecule has 2 heterocycles. The second-order valence-electron chi connectivity index (χ2n) is 7.34. The van der Waals surface area contributed by atoms with Crippen LogP contribution in [-0.2, 0) is 0 Å². The van der Waals surface area contributed by atoms with Gasteiger partial charge in [-0.2, -0.15) is 0 Å². The smallest absolute Gasteiger partial charge is 0.295 e. The van der Waals surface area contributed by atoms with Gasteiger partial charge < -0.3 is 13.9 Å². The van der Waals surface area contributed by atoms with E-state index < -0.39 is 17.8 Å². The number of methoxy groups -OCH3 is 2. The van der Waals surface area contributed by atoms with Crippen LogP contribution in [0.1, 0.15) is 27.7 Å². The van der Waals surface area contributed by atoms with Gasteiger partial charge in [0, 0.05) is 5.69 Å². The Morgan fingerprint density at radius 1 is 0.906 bits per heavy atom. The highest BCUT2D eigenvalue weighted by Crippen LogP contribution is 2.43. The molecule has 0 bridgehead atoms. The van der Waals surface area contributed by atoms with Gasteiger partial charge >= 0.3 is 0 Å². The number of amides is 1. The van der Waals surface area contributed by atoms with Gasteiger partial charge in [-0.3, -0.25) is 14.5 Å². The van der Waals surface area contributed by atoms with Crippen LogP contribution in [0.15, 0.2) is 75.9 Å². The lowest BCUT2D eigenvalue weighted by atomic mass is 9.97. The standard InChI is InChI=1S/C25H18FNO5/c1-30-19-12-7-14(13-20(19)31-2)22-21-23(28)17-5-3-4-6-18(17)32-24(21)25(29)27(22)16-10-8-15(26)9-11-16/h3-13,22H,1-2H3/t22-/m1/s1. The molecule has 1 aliphatic rings. The lowest BCUT2D eigenvalue weighted by molar-refractivity contribution is 0.0971. The van der Waals surface area contributed by atoms with Crippen molar-refractivity contribution in [3.05, 3.63) is 99.7 Å². The van der Waals surface area contributed by atoms with E-state index in [1.165, 1.54) is 43.4 Å². The Bertz CT molecular complexity index is 1410. The van der Waals surface area contributed by atoms with Gasteiger partial charge in [0.25, 0.3) is 5.91 Å². The lowest BCUT2D eigenvalue weighted by Crippen LogP contribution is -2.29. The maximum atomic E-state index is 13.6. The van der Waals surface area contributed by atoms with Gasteiger partial charge in [0.1, 0.15) is 11.4 Å². The largest absolute Gasteiger partial charge is 0.493 e. The molecule has 0 radical (unpaired) electrons. The number of rotatable bonds is 4. The van der Waals surface area contributed by atoms with Gasteiger partial charge in [0.2, 0.25) is 5.76 Å². The molecule has 0 aliphatic carbocycles. The predicted octanol–water partition coefficient (Wildman–Crippen LogP) is 4.70. The van der Waals surface area contributed by atoms with Crippen molar-refractivity contribution in [2.75, 3.05) is 19.1 Å². The fourth-order valence-corrected chi connectivity index (χ4v) is 4.13. The molecule has 1 amide bonds. The van der Waals surface area contributed by atoms with Crippen LogP contribution in [-0.4, -0.2) is 20.1 Å². The summed E-state index contributed by atoms with van der Waals surface area (Å²) < 4.78 is 30.2. The molecule has 6 nitrogen and oxygen atoms in total. The Kier molecular flexibility index (Phi) is 4.66. The van der Waals surface area contributed by atoms with E-state index in [-0.39, 0.29) is 16.8 Å². The zero-order chi connectivity index (χ0) is 22.4. The van der Waals surface area contributed by atoms with Crippen LogP contribution >= 0.6 is 0 Å². The van der Waals surface area contributed by atoms with Crippen LogP contribution in [0.5, 0.6) is 11.5 Å². The van der Waals surface area contributed by atoms with E-state index in [1.807, 2.05) is 0 Å². The van der Waals surface area contributed by atoms with Crippen LogP contribution in [0, 0.1) is 5.82 Å². The first kappa shape index (κ1) is 19.8. The van der Waals surface area contributed by atoms with Crippen molar-refractivity contribution < 1.29 is 23.1 Å². The molecule has 0 spiro atoms. The topological polar surface area (TPSA) is 69.0 Å². The Morgan fingerprint density at radius 2 is 1.62 bits per heavy atom. The first-order valence-corrected chi connectivity index (χ1v) is 9.90. The molecule has 0 saturated carbocycles. The molecule has 5 rings (SSSR count). The SMILES string of the molecule is COc1ccc([C@@H]2c3c(oc4ccccc4c3=O)C(=O)N2c2ccc(F)cc2)cc1OC. The van der Waals surface area contributed by atoms with Crippen LogP contribution in [0.3, 0.4) is 0 Å². The third-order valence-electron chi connectivity index (χ3n) is 5.61. The van der Waals surface area contributed by atoms with E-state index >= 15 is 0 Å². The fraction of sp³-hybridized carbons (Fsp3) is 0.120. The van der Waals surface area contributed by atoms with E-state index in [0.29, 0.717) is 33.7 Å². The van der Waals surface area contributed by atoms with Crippen molar-refractivity contribution in [1.82, 2.24) is 0 Å². The second-order valence-corrected chi connectivity index (χ2v) is 7.34. The Hall–Kier alpha value is -4.13. The first-order valence-electron chi connectivity index (χ1n) is 9.90. The molecule has 7 heteroatoms. The molecule has 160 valence electrons. The van der Waals surface area contributed by atoms with Gasteiger partial charge in [0.05, 0.1) is 31.2 Å². The summed E-state index contributed by atoms with van der Waals surface area (Å²) >= 11 is 0. The summed E-state index contributed by atoms with van der Waals surface area (Å²) in [5.74, 6) is 0.0300. The number of benzene rings is 3. The molecule has 0 N–H and O–H groups in total. The number of anilines is 1. The molecule has 4 aromatic rings. The first-order chi connectivity index (χ1) is 15.5. The molecule has 1 atom stereocenters. The summed E-state index contributed by atoms with van der Waals surface area (Å²) in [6.45, 7) is 0.